The van der Waals surface area contributed by atoms with Crippen LogP contribution in [0, 0.1) is 11.8 Å². The largest absolute Gasteiger partial charge is 0.380 e. The van der Waals surface area contributed by atoms with Gasteiger partial charge in [-0.05, 0) is 12.5 Å². The Balaban J connectivity index is 3.50. The van der Waals surface area contributed by atoms with Gasteiger partial charge in [0.2, 0.25) is 0 Å². The van der Waals surface area contributed by atoms with Gasteiger partial charge in [0.15, 0.2) is 0 Å². The summed E-state index contributed by atoms with van der Waals surface area (Å²) in [7, 11) is 0. The van der Waals surface area contributed by atoms with E-state index >= 15 is 0 Å². The predicted octanol–water partition coefficient (Wildman–Crippen LogP) is 0.947. The molecule has 0 aromatic rings. The van der Waals surface area contributed by atoms with Crippen LogP contribution in [0.15, 0.2) is 12.7 Å². The Morgan fingerprint density at radius 2 is 2.50 bits per heavy atom. The summed E-state index contributed by atoms with van der Waals surface area (Å²) in [6, 6.07) is 0. The van der Waals surface area contributed by atoms with Crippen molar-refractivity contribution in [3.05, 3.63) is 12.7 Å². The maximum Gasteiger partial charge on any atom is 0.114 e. The van der Waals surface area contributed by atoms with Crippen LogP contribution in [0.4, 0.5) is 0 Å². The normalized spacial score (nSPS) is 11.2. The van der Waals surface area contributed by atoms with E-state index in [1.807, 2.05) is 6.92 Å². The molecule has 0 spiro atoms. The summed E-state index contributed by atoms with van der Waals surface area (Å²) in [5.74, 6) is 5.13. The molecular weight excluding hydrogens is 100 g/mol. The Hall–Kier alpha value is -0.740. The van der Waals surface area contributed by atoms with E-state index < -0.39 is 6.10 Å². The summed E-state index contributed by atoms with van der Waals surface area (Å²) < 4.78 is 0. The molecule has 0 fully saturated rings. The zero-order valence-electron chi connectivity index (χ0n) is 5.02. The van der Waals surface area contributed by atoms with Gasteiger partial charge in [0.05, 0.1) is 0 Å². The third-order valence-corrected chi connectivity index (χ3v) is 0.739. The highest BCUT2D eigenvalue weighted by Gasteiger charge is 1.88. The first-order chi connectivity index (χ1) is 3.81. The average Bonchev–Trinajstić information content (AvgIpc) is 1.83. The summed E-state index contributed by atoms with van der Waals surface area (Å²) in [6.07, 6.45) is 1.67. The number of aliphatic hydroxyl groups is 1. The Kier molecular flexibility index (Phi) is 4.01. The van der Waals surface area contributed by atoms with Crippen LogP contribution >= 0.6 is 0 Å². The van der Waals surface area contributed by atoms with E-state index in [-0.39, 0.29) is 0 Å². The summed E-state index contributed by atoms with van der Waals surface area (Å²) in [4.78, 5) is 0. The SMILES string of the molecule is C=CC#CC(O)CC. The molecule has 1 unspecified atom stereocenters. The summed E-state index contributed by atoms with van der Waals surface area (Å²) >= 11 is 0. The van der Waals surface area contributed by atoms with Crippen molar-refractivity contribution in [1.29, 1.82) is 0 Å². The first kappa shape index (κ1) is 7.26. The zero-order chi connectivity index (χ0) is 6.41. The van der Waals surface area contributed by atoms with Crippen LogP contribution in [0.3, 0.4) is 0 Å². The van der Waals surface area contributed by atoms with Crippen LogP contribution in [0.1, 0.15) is 13.3 Å². The van der Waals surface area contributed by atoms with Gasteiger partial charge in [0, 0.05) is 0 Å². The molecule has 0 aromatic carbocycles. The van der Waals surface area contributed by atoms with Crippen molar-refractivity contribution in [1.82, 2.24) is 0 Å². The Labute approximate surface area is 50.0 Å². The molecular formula is C7H10O. The molecule has 0 radical (unpaired) electrons. The fourth-order valence-corrected chi connectivity index (χ4v) is 0.257. The first-order valence-corrected chi connectivity index (χ1v) is 2.61. The zero-order valence-corrected chi connectivity index (χ0v) is 5.02. The second-order valence-corrected chi connectivity index (χ2v) is 1.42. The lowest BCUT2D eigenvalue weighted by molar-refractivity contribution is 0.228. The van der Waals surface area contributed by atoms with Gasteiger partial charge >= 0.3 is 0 Å². The number of allylic oxidation sites excluding steroid dienone is 1. The molecule has 0 saturated carbocycles. The highest BCUT2D eigenvalue weighted by molar-refractivity contribution is 5.14. The minimum absolute atomic E-state index is 0.479. The molecule has 1 atom stereocenters. The highest BCUT2D eigenvalue weighted by atomic mass is 16.3. The van der Waals surface area contributed by atoms with Gasteiger partial charge in [-0.3, -0.25) is 0 Å². The van der Waals surface area contributed by atoms with Crippen LogP contribution in [0.25, 0.3) is 0 Å². The topological polar surface area (TPSA) is 20.2 Å². The first-order valence-electron chi connectivity index (χ1n) is 2.61. The molecule has 0 saturated heterocycles. The third-order valence-electron chi connectivity index (χ3n) is 0.739. The highest BCUT2D eigenvalue weighted by Crippen LogP contribution is 1.84. The van der Waals surface area contributed by atoms with Crippen molar-refractivity contribution in [3.8, 4) is 11.8 Å². The number of rotatable bonds is 1. The van der Waals surface area contributed by atoms with E-state index in [2.05, 4.69) is 18.4 Å². The van der Waals surface area contributed by atoms with Crippen molar-refractivity contribution in [2.45, 2.75) is 19.4 Å². The van der Waals surface area contributed by atoms with Crippen molar-refractivity contribution in [2.75, 3.05) is 0 Å². The lowest BCUT2D eigenvalue weighted by Gasteiger charge is -1.91. The molecule has 0 aliphatic carbocycles. The van der Waals surface area contributed by atoms with Gasteiger partial charge in [0.1, 0.15) is 6.10 Å². The van der Waals surface area contributed by atoms with Crippen molar-refractivity contribution < 1.29 is 5.11 Å². The minimum atomic E-state index is -0.479. The molecule has 1 N–H and O–H groups in total. The van der Waals surface area contributed by atoms with Gasteiger partial charge in [-0.25, -0.2) is 0 Å². The Morgan fingerprint density at radius 1 is 1.88 bits per heavy atom. The van der Waals surface area contributed by atoms with E-state index in [1.54, 1.807) is 0 Å². The molecule has 8 heavy (non-hydrogen) atoms. The predicted molar refractivity (Wildman–Crippen MR) is 34.3 cm³/mol. The number of hydrogen-bond donors (Lipinski definition) is 1. The molecule has 1 nitrogen and oxygen atoms in total. The minimum Gasteiger partial charge on any atom is -0.380 e. The van der Waals surface area contributed by atoms with Gasteiger partial charge < -0.3 is 5.11 Å². The molecule has 0 aliphatic heterocycles. The van der Waals surface area contributed by atoms with E-state index in [1.165, 1.54) is 6.08 Å². The van der Waals surface area contributed by atoms with E-state index in [0.29, 0.717) is 6.42 Å². The molecule has 0 bridgehead atoms. The van der Waals surface area contributed by atoms with E-state index in [9.17, 15) is 0 Å². The molecule has 0 heterocycles. The average molecular weight is 110 g/mol. The lowest BCUT2D eigenvalue weighted by atomic mass is 10.3. The van der Waals surface area contributed by atoms with Crippen LogP contribution < -0.4 is 0 Å². The quantitative estimate of drug-likeness (QED) is 0.498. The van der Waals surface area contributed by atoms with Gasteiger partial charge in [-0.15, -0.1) is 0 Å². The van der Waals surface area contributed by atoms with Crippen LogP contribution in [-0.2, 0) is 0 Å². The third kappa shape index (κ3) is 3.45. The Bertz CT molecular complexity index is 116. The number of aliphatic hydroxyl groups excluding tert-OH is 1. The lowest BCUT2D eigenvalue weighted by Crippen LogP contribution is -1.98. The van der Waals surface area contributed by atoms with Crippen molar-refractivity contribution in [2.24, 2.45) is 0 Å². The maximum atomic E-state index is 8.77. The summed E-state index contributed by atoms with van der Waals surface area (Å²) in [5, 5.41) is 8.77. The fourth-order valence-electron chi connectivity index (χ4n) is 0.257. The number of hydrogen-bond acceptors (Lipinski definition) is 1. The Morgan fingerprint density at radius 3 is 2.88 bits per heavy atom. The van der Waals surface area contributed by atoms with Crippen LogP contribution in [-0.4, -0.2) is 11.2 Å². The van der Waals surface area contributed by atoms with Gasteiger partial charge in [0.25, 0.3) is 0 Å². The maximum absolute atomic E-state index is 8.77. The summed E-state index contributed by atoms with van der Waals surface area (Å²) in [5.41, 5.74) is 0. The second-order valence-electron chi connectivity index (χ2n) is 1.42. The van der Waals surface area contributed by atoms with E-state index in [4.69, 9.17) is 5.11 Å². The fraction of sp³-hybridized carbons (Fsp3) is 0.429. The molecule has 0 aromatic heterocycles. The van der Waals surface area contributed by atoms with Crippen LogP contribution in [0.2, 0.25) is 0 Å². The molecule has 0 aliphatic rings. The van der Waals surface area contributed by atoms with Crippen LogP contribution in [0.5, 0.6) is 0 Å². The van der Waals surface area contributed by atoms with E-state index in [0.717, 1.165) is 0 Å². The van der Waals surface area contributed by atoms with Gasteiger partial charge in [-0.1, -0.05) is 25.3 Å². The molecule has 0 amide bonds. The summed E-state index contributed by atoms with van der Waals surface area (Å²) in [6.45, 7) is 5.26. The van der Waals surface area contributed by atoms with Crippen molar-refractivity contribution >= 4 is 0 Å². The standard InChI is InChI=1S/C7H10O/c1-3-5-6-7(8)4-2/h3,7-8H,1,4H2,2H3. The van der Waals surface area contributed by atoms with Crippen molar-refractivity contribution in [3.63, 3.8) is 0 Å². The molecule has 44 valence electrons. The smallest absolute Gasteiger partial charge is 0.114 e. The second kappa shape index (κ2) is 4.42. The molecule has 1 heteroatoms. The van der Waals surface area contributed by atoms with Gasteiger partial charge in [-0.2, -0.15) is 0 Å². The monoisotopic (exact) mass is 110 g/mol. The molecule has 0 rings (SSSR count).